The van der Waals surface area contributed by atoms with Crippen molar-refractivity contribution in [3.05, 3.63) is 119 Å². The lowest BCUT2D eigenvalue weighted by Crippen LogP contribution is -2.30. The summed E-state index contributed by atoms with van der Waals surface area (Å²) in [7, 11) is 0. The van der Waals surface area contributed by atoms with E-state index in [1.54, 1.807) is 0 Å². The van der Waals surface area contributed by atoms with E-state index >= 15 is 0 Å². The Hall–Kier alpha value is -3.16. The Bertz CT molecular complexity index is 1200. The summed E-state index contributed by atoms with van der Waals surface area (Å²) in [6, 6.07) is 36.2. The summed E-state index contributed by atoms with van der Waals surface area (Å²) in [6.07, 6.45) is 1.04. The van der Waals surface area contributed by atoms with Crippen molar-refractivity contribution in [2.75, 3.05) is 0 Å². The number of hydrogen-bond donors (Lipinski definition) is 0. The summed E-state index contributed by atoms with van der Waals surface area (Å²) < 4.78 is 0. The maximum Gasteiger partial charge on any atom is 0.0401 e. The predicted octanol–water partition coefficient (Wildman–Crippen LogP) is 6.63. The summed E-state index contributed by atoms with van der Waals surface area (Å²) in [6.45, 7) is 1.95. The van der Waals surface area contributed by atoms with Gasteiger partial charge in [-0.15, -0.1) is 0 Å². The van der Waals surface area contributed by atoms with E-state index in [2.05, 4.69) is 102 Å². The first-order valence-electron chi connectivity index (χ1n) is 10.5. The molecule has 4 aromatic rings. The molecule has 0 N–H and O–H groups in total. The van der Waals surface area contributed by atoms with Crippen LogP contribution in [-0.4, -0.2) is 4.90 Å². The number of hydrogen-bond acceptors (Lipinski definition) is 1. The minimum absolute atomic E-state index is 0.369. The van der Waals surface area contributed by atoms with E-state index < -0.39 is 0 Å². The van der Waals surface area contributed by atoms with Gasteiger partial charge in [0.2, 0.25) is 0 Å². The molecule has 1 atom stereocenters. The standard InChI is InChI=1S/C28H23N/c1-4-12-23-20(9-1)17-28-27-16-8-7-15-26(27)25-14-6-3-11-22(25)19-29(28)18-21-10-2-5-13-24(21)23/h1-16,28H,17-19H2/t28-/m0/s1. The van der Waals surface area contributed by atoms with Gasteiger partial charge in [0.05, 0.1) is 0 Å². The van der Waals surface area contributed by atoms with Crippen LogP contribution in [-0.2, 0) is 19.5 Å². The van der Waals surface area contributed by atoms with Gasteiger partial charge in [-0.2, -0.15) is 0 Å². The van der Waals surface area contributed by atoms with Crippen LogP contribution in [0, 0.1) is 0 Å². The zero-order valence-corrected chi connectivity index (χ0v) is 16.4. The van der Waals surface area contributed by atoms with Crippen molar-refractivity contribution in [3.8, 4) is 22.3 Å². The second kappa shape index (κ2) is 6.72. The lowest BCUT2D eigenvalue weighted by molar-refractivity contribution is 0.179. The van der Waals surface area contributed by atoms with E-state index in [0.29, 0.717) is 6.04 Å². The molecule has 2 aliphatic heterocycles. The van der Waals surface area contributed by atoms with Crippen molar-refractivity contribution in [2.24, 2.45) is 0 Å². The average molecular weight is 373 g/mol. The Balaban J connectivity index is 1.60. The van der Waals surface area contributed by atoms with Gasteiger partial charge in [0.15, 0.2) is 0 Å². The van der Waals surface area contributed by atoms with E-state index in [-0.39, 0.29) is 0 Å². The Morgan fingerprint density at radius 1 is 0.483 bits per heavy atom. The van der Waals surface area contributed by atoms with Crippen molar-refractivity contribution >= 4 is 0 Å². The molecule has 6 rings (SSSR count). The monoisotopic (exact) mass is 373 g/mol. The molecule has 0 radical (unpaired) electrons. The topological polar surface area (TPSA) is 3.24 Å². The van der Waals surface area contributed by atoms with Crippen LogP contribution in [0.15, 0.2) is 97.1 Å². The Morgan fingerprint density at radius 2 is 0.931 bits per heavy atom. The average Bonchev–Trinajstić information content (AvgIpc) is 2.89. The molecular formula is C28H23N. The lowest BCUT2D eigenvalue weighted by atomic mass is 9.86. The molecule has 2 heterocycles. The maximum atomic E-state index is 2.68. The molecule has 4 aromatic carbocycles. The second-order valence-corrected chi connectivity index (χ2v) is 8.18. The smallest absolute Gasteiger partial charge is 0.0401 e. The SMILES string of the molecule is c1ccc2c(c1)C[C@H]1c3ccccc3-c3ccccc3CN1Cc1ccccc1-2. The molecule has 0 aliphatic carbocycles. The van der Waals surface area contributed by atoms with Gasteiger partial charge >= 0.3 is 0 Å². The van der Waals surface area contributed by atoms with E-state index in [1.165, 1.54) is 44.5 Å². The first-order valence-corrected chi connectivity index (χ1v) is 10.5. The van der Waals surface area contributed by atoms with E-state index in [1.807, 2.05) is 0 Å². The van der Waals surface area contributed by atoms with Crippen LogP contribution in [0.3, 0.4) is 0 Å². The molecule has 0 saturated heterocycles. The summed E-state index contributed by atoms with van der Waals surface area (Å²) >= 11 is 0. The van der Waals surface area contributed by atoms with E-state index in [4.69, 9.17) is 0 Å². The summed E-state index contributed by atoms with van der Waals surface area (Å²) in [5.74, 6) is 0. The Morgan fingerprint density at radius 3 is 1.59 bits per heavy atom. The summed E-state index contributed by atoms with van der Waals surface area (Å²) in [5.41, 5.74) is 11.3. The third-order valence-corrected chi connectivity index (χ3v) is 6.55. The first kappa shape index (κ1) is 16.8. The Kier molecular flexibility index (Phi) is 3.88. The largest absolute Gasteiger partial charge is 0.287 e. The molecule has 29 heavy (non-hydrogen) atoms. The normalized spacial score (nSPS) is 17.4. The molecular weight excluding hydrogens is 350 g/mol. The van der Waals surface area contributed by atoms with Crippen LogP contribution in [0.25, 0.3) is 22.3 Å². The molecule has 140 valence electrons. The molecule has 0 bridgehead atoms. The molecule has 0 aromatic heterocycles. The van der Waals surface area contributed by atoms with Gasteiger partial charge in [-0.1, -0.05) is 97.1 Å². The van der Waals surface area contributed by atoms with Gasteiger partial charge in [0, 0.05) is 19.1 Å². The number of benzene rings is 4. The predicted molar refractivity (Wildman–Crippen MR) is 119 cm³/mol. The molecule has 0 fully saturated rings. The fraction of sp³-hybridized carbons (Fsp3) is 0.143. The third-order valence-electron chi connectivity index (χ3n) is 6.55. The van der Waals surface area contributed by atoms with Crippen LogP contribution in [0.5, 0.6) is 0 Å². The van der Waals surface area contributed by atoms with Gasteiger partial charge in [0.1, 0.15) is 0 Å². The highest BCUT2D eigenvalue weighted by Gasteiger charge is 2.31. The summed E-state index contributed by atoms with van der Waals surface area (Å²) in [4.78, 5) is 2.68. The van der Waals surface area contributed by atoms with Gasteiger partial charge in [-0.05, 0) is 50.9 Å². The van der Waals surface area contributed by atoms with Crippen molar-refractivity contribution in [1.82, 2.24) is 4.90 Å². The van der Waals surface area contributed by atoms with Crippen LogP contribution in [0.1, 0.15) is 28.3 Å². The highest BCUT2D eigenvalue weighted by molar-refractivity contribution is 5.74. The molecule has 1 heteroatoms. The maximum absolute atomic E-state index is 2.68. The molecule has 0 amide bonds. The van der Waals surface area contributed by atoms with Gasteiger partial charge < -0.3 is 0 Å². The summed E-state index contributed by atoms with van der Waals surface area (Å²) in [5, 5.41) is 0. The molecule has 2 aliphatic rings. The number of nitrogens with zero attached hydrogens (tertiary/aromatic N) is 1. The molecule has 1 nitrogen and oxygen atoms in total. The van der Waals surface area contributed by atoms with E-state index in [0.717, 1.165) is 19.5 Å². The van der Waals surface area contributed by atoms with Crippen molar-refractivity contribution in [1.29, 1.82) is 0 Å². The first-order chi connectivity index (χ1) is 14.4. The highest BCUT2D eigenvalue weighted by atomic mass is 15.2. The highest BCUT2D eigenvalue weighted by Crippen LogP contribution is 2.43. The van der Waals surface area contributed by atoms with Crippen LogP contribution in [0.2, 0.25) is 0 Å². The number of fused-ring (bicyclic) bond motifs is 8. The molecule has 0 spiro atoms. The number of rotatable bonds is 0. The Labute approximate surface area is 172 Å². The van der Waals surface area contributed by atoms with Crippen molar-refractivity contribution in [2.45, 2.75) is 25.6 Å². The van der Waals surface area contributed by atoms with Crippen LogP contribution >= 0.6 is 0 Å². The molecule has 0 unspecified atom stereocenters. The van der Waals surface area contributed by atoms with Crippen LogP contribution in [0.4, 0.5) is 0 Å². The quantitative estimate of drug-likeness (QED) is 0.334. The molecule has 0 saturated carbocycles. The van der Waals surface area contributed by atoms with Crippen molar-refractivity contribution in [3.63, 3.8) is 0 Å². The lowest BCUT2D eigenvalue weighted by Gasteiger charge is -2.34. The van der Waals surface area contributed by atoms with Gasteiger partial charge in [-0.3, -0.25) is 4.90 Å². The minimum Gasteiger partial charge on any atom is -0.287 e. The van der Waals surface area contributed by atoms with E-state index in [9.17, 15) is 0 Å². The fourth-order valence-corrected chi connectivity index (χ4v) is 5.19. The van der Waals surface area contributed by atoms with Crippen molar-refractivity contribution < 1.29 is 0 Å². The minimum atomic E-state index is 0.369. The van der Waals surface area contributed by atoms with Gasteiger partial charge in [-0.25, -0.2) is 0 Å². The fourth-order valence-electron chi connectivity index (χ4n) is 5.19. The zero-order chi connectivity index (χ0) is 19.2. The van der Waals surface area contributed by atoms with Gasteiger partial charge in [0.25, 0.3) is 0 Å². The zero-order valence-electron chi connectivity index (χ0n) is 16.4. The third kappa shape index (κ3) is 2.73. The van der Waals surface area contributed by atoms with Crippen LogP contribution < -0.4 is 0 Å². The second-order valence-electron chi connectivity index (χ2n) is 8.18.